The second kappa shape index (κ2) is 12.5. The number of nitrogens with one attached hydrogen (secondary N) is 2. The topological polar surface area (TPSA) is 139 Å². The van der Waals surface area contributed by atoms with Gasteiger partial charge in [0, 0.05) is 13.1 Å². The number of hydrogen-bond acceptors (Lipinski definition) is 6. The number of rotatable bonds is 8. The maximum atomic E-state index is 10.8. The number of phenolic OH excluding ortho intramolecular Hbond substituents is 4. The number of aromatic hydroxyl groups is 4. The van der Waals surface area contributed by atoms with Gasteiger partial charge in [0.2, 0.25) is 11.8 Å². The van der Waals surface area contributed by atoms with Gasteiger partial charge in [0.25, 0.3) is 0 Å². The van der Waals surface area contributed by atoms with Gasteiger partial charge in [-0.2, -0.15) is 0 Å². The third kappa shape index (κ3) is 8.83. The monoisotopic (exact) mass is 414 g/mol. The Morgan fingerprint density at radius 2 is 1.07 bits per heavy atom. The second-order valence-electron chi connectivity index (χ2n) is 6.14. The van der Waals surface area contributed by atoms with Crippen molar-refractivity contribution >= 4 is 11.8 Å². The Bertz CT molecular complexity index is 822. The fraction of sp³-hybridized carbons (Fsp3) is 0.182. The lowest BCUT2D eigenvalue weighted by atomic mass is 10.1. The van der Waals surface area contributed by atoms with Crippen LogP contribution in [0, 0.1) is 0 Å². The van der Waals surface area contributed by atoms with E-state index in [0.29, 0.717) is 25.9 Å². The van der Waals surface area contributed by atoms with Crippen LogP contribution in [-0.2, 0) is 22.4 Å². The molecule has 8 nitrogen and oxygen atoms in total. The van der Waals surface area contributed by atoms with Gasteiger partial charge in [0.1, 0.15) is 0 Å². The lowest BCUT2D eigenvalue weighted by Crippen LogP contribution is -2.23. The van der Waals surface area contributed by atoms with Crippen molar-refractivity contribution in [2.75, 3.05) is 13.1 Å². The van der Waals surface area contributed by atoms with Crippen LogP contribution in [0.1, 0.15) is 11.1 Å². The van der Waals surface area contributed by atoms with Crippen LogP contribution in [0.4, 0.5) is 0 Å². The third-order valence-corrected chi connectivity index (χ3v) is 3.88. The Morgan fingerprint density at radius 1 is 0.700 bits per heavy atom. The van der Waals surface area contributed by atoms with Crippen molar-refractivity contribution < 1.29 is 30.0 Å². The molecule has 0 saturated heterocycles. The van der Waals surface area contributed by atoms with Crippen LogP contribution in [0.15, 0.2) is 61.7 Å². The fourth-order valence-electron chi connectivity index (χ4n) is 2.25. The van der Waals surface area contributed by atoms with E-state index in [9.17, 15) is 19.8 Å². The SMILES string of the molecule is C=CC(=O)NCCc1ccc(O)c(O)c1.C=CC(=O)NCCc1ccc(O)c(O)c1. The number of benzene rings is 2. The van der Waals surface area contributed by atoms with Gasteiger partial charge >= 0.3 is 0 Å². The van der Waals surface area contributed by atoms with E-state index in [4.69, 9.17) is 10.2 Å². The number of amides is 2. The van der Waals surface area contributed by atoms with Crippen molar-refractivity contribution in [1.29, 1.82) is 0 Å². The molecule has 0 heterocycles. The van der Waals surface area contributed by atoms with Crippen molar-refractivity contribution in [2.45, 2.75) is 12.8 Å². The molecule has 0 aliphatic heterocycles. The molecule has 0 atom stereocenters. The summed E-state index contributed by atoms with van der Waals surface area (Å²) in [5, 5.41) is 41.8. The molecule has 0 bridgehead atoms. The molecule has 0 radical (unpaired) electrons. The highest BCUT2D eigenvalue weighted by Crippen LogP contribution is 2.25. The third-order valence-electron chi connectivity index (χ3n) is 3.88. The molecule has 6 N–H and O–H groups in total. The predicted molar refractivity (Wildman–Crippen MR) is 113 cm³/mol. The van der Waals surface area contributed by atoms with E-state index in [2.05, 4.69) is 23.8 Å². The highest BCUT2D eigenvalue weighted by molar-refractivity contribution is 5.87. The van der Waals surface area contributed by atoms with Crippen LogP contribution in [0.25, 0.3) is 0 Å². The smallest absolute Gasteiger partial charge is 0.243 e. The summed E-state index contributed by atoms with van der Waals surface area (Å²) in [4.78, 5) is 21.6. The Hall–Kier alpha value is -3.94. The van der Waals surface area contributed by atoms with Crippen LogP contribution >= 0.6 is 0 Å². The summed E-state index contributed by atoms with van der Waals surface area (Å²) in [6.45, 7) is 7.59. The highest BCUT2D eigenvalue weighted by Gasteiger charge is 2.02. The van der Waals surface area contributed by atoms with Crippen LogP contribution in [0.5, 0.6) is 23.0 Å². The molecule has 160 valence electrons. The first-order valence-electron chi connectivity index (χ1n) is 9.09. The predicted octanol–water partition coefficient (Wildman–Crippen LogP) is 1.88. The number of carbonyl (C=O) groups is 2. The van der Waals surface area contributed by atoms with Gasteiger partial charge in [-0.05, 0) is 60.4 Å². The molecular weight excluding hydrogens is 388 g/mol. The summed E-state index contributed by atoms with van der Waals surface area (Å²) in [5.74, 6) is -1.04. The Kier molecular flexibility index (Phi) is 10.0. The summed E-state index contributed by atoms with van der Waals surface area (Å²) in [6.07, 6.45) is 3.59. The van der Waals surface area contributed by atoms with Gasteiger partial charge in [-0.15, -0.1) is 0 Å². The Balaban J connectivity index is 0.000000300. The molecule has 0 fully saturated rings. The van der Waals surface area contributed by atoms with Crippen LogP contribution in [0.3, 0.4) is 0 Å². The molecule has 30 heavy (non-hydrogen) atoms. The van der Waals surface area contributed by atoms with E-state index in [1.54, 1.807) is 12.1 Å². The minimum atomic E-state index is -0.224. The van der Waals surface area contributed by atoms with E-state index in [1.165, 1.54) is 36.4 Å². The second-order valence-corrected chi connectivity index (χ2v) is 6.14. The molecule has 0 unspecified atom stereocenters. The molecule has 0 aliphatic carbocycles. The lowest BCUT2D eigenvalue weighted by Gasteiger charge is -2.04. The van der Waals surface area contributed by atoms with E-state index >= 15 is 0 Å². The molecule has 2 rings (SSSR count). The van der Waals surface area contributed by atoms with E-state index < -0.39 is 0 Å². The van der Waals surface area contributed by atoms with E-state index in [0.717, 1.165) is 11.1 Å². The van der Waals surface area contributed by atoms with Crippen LogP contribution in [0.2, 0.25) is 0 Å². The zero-order valence-electron chi connectivity index (χ0n) is 16.5. The Morgan fingerprint density at radius 3 is 1.37 bits per heavy atom. The molecule has 2 amide bonds. The van der Waals surface area contributed by atoms with Crippen molar-refractivity contribution in [3.05, 3.63) is 72.8 Å². The van der Waals surface area contributed by atoms with Crippen molar-refractivity contribution in [1.82, 2.24) is 10.6 Å². The quantitative estimate of drug-likeness (QED) is 0.288. The van der Waals surface area contributed by atoms with Crippen molar-refractivity contribution in [3.8, 4) is 23.0 Å². The summed E-state index contributed by atoms with van der Waals surface area (Å²) in [6, 6.07) is 9.15. The molecule has 0 spiro atoms. The van der Waals surface area contributed by atoms with Gasteiger partial charge in [-0.25, -0.2) is 0 Å². The Labute approximate surface area is 174 Å². The maximum Gasteiger partial charge on any atom is 0.243 e. The average molecular weight is 414 g/mol. The zero-order valence-corrected chi connectivity index (χ0v) is 16.5. The zero-order chi connectivity index (χ0) is 22.5. The van der Waals surface area contributed by atoms with Gasteiger partial charge in [0.15, 0.2) is 23.0 Å². The average Bonchev–Trinajstić information content (AvgIpc) is 2.73. The molecular formula is C22H26N2O6. The van der Waals surface area contributed by atoms with Crippen molar-refractivity contribution in [2.24, 2.45) is 0 Å². The molecule has 0 aliphatic rings. The minimum Gasteiger partial charge on any atom is -0.504 e. The van der Waals surface area contributed by atoms with Gasteiger partial charge in [0.05, 0.1) is 0 Å². The number of hydrogen-bond donors (Lipinski definition) is 6. The van der Waals surface area contributed by atoms with Crippen LogP contribution < -0.4 is 10.6 Å². The molecule has 0 aromatic heterocycles. The largest absolute Gasteiger partial charge is 0.504 e. The summed E-state index contributed by atoms with van der Waals surface area (Å²) in [7, 11) is 0. The first-order valence-corrected chi connectivity index (χ1v) is 9.09. The highest BCUT2D eigenvalue weighted by atomic mass is 16.3. The number of carbonyl (C=O) groups excluding carboxylic acids is 2. The molecule has 8 heteroatoms. The lowest BCUT2D eigenvalue weighted by molar-refractivity contribution is -0.117. The number of phenols is 4. The normalized spacial score (nSPS) is 9.60. The maximum absolute atomic E-state index is 10.8. The summed E-state index contributed by atoms with van der Waals surface area (Å²) < 4.78 is 0. The summed E-state index contributed by atoms with van der Waals surface area (Å²) >= 11 is 0. The van der Waals surface area contributed by atoms with Crippen molar-refractivity contribution in [3.63, 3.8) is 0 Å². The standard InChI is InChI=1S/2C11H13NO3/c2*1-2-11(15)12-6-5-8-3-4-9(13)10(14)7-8/h2*2-4,7,13-14H,1,5-6H2,(H,12,15). The van der Waals surface area contributed by atoms with Gasteiger partial charge < -0.3 is 31.1 Å². The molecule has 2 aromatic carbocycles. The van der Waals surface area contributed by atoms with E-state index in [-0.39, 0.29) is 34.8 Å². The fourth-order valence-corrected chi connectivity index (χ4v) is 2.25. The first kappa shape index (κ1) is 24.1. The van der Waals surface area contributed by atoms with Gasteiger partial charge in [-0.1, -0.05) is 25.3 Å². The van der Waals surface area contributed by atoms with Gasteiger partial charge in [-0.3, -0.25) is 9.59 Å². The first-order chi connectivity index (χ1) is 14.3. The minimum absolute atomic E-state index is 0.145. The molecule has 2 aromatic rings. The summed E-state index contributed by atoms with van der Waals surface area (Å²) in [5.41, 5.74) is 1.68. The van der Waals surface area contributed by atoms with Crippen LogP contribution in [-0.4, -0.2) is 45.3 Å². The van der Waals surface area contributed by atoms with E-state index in [1.807, 2.05) is 0 Å². The molecule has 0 saturated carbocycles.